The van der Waals surface area contributed by atoms with Gasteiger partial charge < -0.3 is 5.32 Å². The highest BCUT2D eigenvalue weighted by atomic mass is 35.5. The zero-order chi connectivity index (χ0) is 21.7. The molecule has 162 valence electrons. The minimum absolute atomic E-state index is 0.209. The summed E-state index contributed by atoms with van der Waals surface area (Å²) >= 11 is 6.12. The van der Waals surface area contributed by atoms with Gasteiger partial charge in [0, 0.05) is 18.5 Å². The molecule has 1 amide bonds. The van der Waals surface area contributed by atoms with Gasteiger partial charge in [0.15, 0.2) is 0 Å². The van der Waals surface area contributed by atoms with Crippen molar-refractivity contribution < 1.29 is 18.4 Å². The largest absolute Gasteiger partial charge is 0.306 e. The molecule has 9 heteroatoms. The Balaban J connectivity index is 1.79. The summed E-state index contributed by atoms with van der Waals surface area (Å²) in [5.74, 6) is -0.371. The molecule has 0 saturated carbocycles. The average Bonchev–Trinajstić information content (AvgIpc) is 2.81. The third kappa shape index (κ3) is 4.78. The molecule has 1 aliphatic heterocycles. The van der Waals surface area contributed by atoms with E-state index in [9.17, 15) is 13.2 Å². The number of hydroxylamine groups is 1. The Morgan fingerprint density at radius 1 is 1.10 bits per heavy atom. The second-order valence-electron chi connectivity index (χ2n) is 7.30. The fraction of sp³-hybridized carbons (Fsp3) is 0.381. The summed E-state index contributed by atoms with van der Waals surface area (Å²) in [6.07, 6.45) is 3.69. The predicted molar refractivity (Wildman–Crippen MR) is 116 cm³/mol. The highest BCUT2D eigenvalue weighted by Crippen LogP contribution is 2.40. The van der Waals surface area contributed by atoms with Crippen LogP contribution in [0.4, 0.5) is 5.69 Å². The van der Waals surface area contributed by atoms with E-state index in [0.717, 1.165) is 24.8 Å². The van der Waals surface area contributed by atoms with Crippen LogP contribution in [0.3, 0.4) is 0 Å². The van der Waals surface area contributed by atoms with Gasteiger partial charge >= 0.3 is 0 Å². The Labute approximate surface area is 182 Å². The Bertz CT molecular complexity index is 1010. The van der Waals surface area contributed by atoms with Crippen LogP contribution >= 0.6 is 11.6 Å². The summed E-state index contributed by atoms with van der Waals surface area (Å²) in [7, 11) is -2.17. The van der Waals surface area contributed by atoms with Gasteiger partial charge in [-0.1, -0.05) is 48.7 Å². The van der Waals surface area contributed by atoms with E-state index in [1.807, 2.05) is 18.2 Å². The SMILES string of the molecule is CN1c2ccccc2C(NCCCCCCC(=O)NO)c2ccc(Cl)cc2S1(=O)=O. The molecule has 0 bridgehead atoms. The van der Waals surface area contributed by atoms with E-state index in [1.165, 1.54) is 10.4 Å². The zero-order valence-corrected chi connectivity index (χ0v) is 18.3. The van der Waals surface area contributed by atoms with Crippen LogP contribution in [0.2, 0.25) is 5.02 Å². The minimum Gasteiger partial charge on any atom is -0.306 e. The standard InChI is InChI=1S/C21H26ClN3O4S/c1-25-18-9-6-5-8-16(18)21(23-13-7-3-2-4-10-20(26)24-27)17-12-11-15(22)14-19(17)30(25,28)29/h5-6,8-9,11-12,14,21,23,27H,2-4,7,10,13H2,1H3,(H,24,26). The molecular formula is C21H26ClN3O4S. The van der Waals surface area contributed by atoms with Gasteiger partial charge in [0.2, 0.25) is 5.91 Å². The number of rotatable bonds is 8. The smallest absolute Gasteiger partial charge is 0.264 e. The highest BCUT2D eigenvalue weighted by Gasteiger charge is 2.34. The van der Waals surface area contributed by atoms with Crippen molar-refractivity contribution in [2.24, 2.45) is 0 Å². The molecule has 0 fully saturated rings. The Hall–Kier alpha value is -2.13. The van der Waals surface area contributed by atoms with E-state index in [2.05, 4.69) is 5.32 Å². The highest BCUT2D eigenvalue weighted by molar-refractivity contribution is 7.92. The monoisotopic (exact) mass is 451 g/mol. The number of carbonyl (C=O) groups is 1. The van der Waals surface area contributed by atoms with E-state index in [-0.39, 0.29) is 16.8 Å². The molecule has 30 heavy (non-hydrogen) atoms. The van der Waals surface area contributed by atoms with E-state index in [4.69, 9.17) is 16.8 Å². The van der Waals surface area contributed by atoms with Gasteiger partial charge in [-0.05, 0) is 48.7 Å². The van der Waals surface area contributed by atoms with E-state index in [0.29, 0.717) is 35.7 Å². The van der Waals surface area contributed by atoms with Crippen LogP contribution in [-0.4, -0.2) is 33.1 Å². The second-order valence-corrected chi connectivity index (χ2v) is 9.67. The zero-order valence-electron chi connectivity index (χ0n) is 16.8. The van der Waals surface area contributed by atoms with E-state index >= 15 is 0 Å². The van der Waals surface area contributed by atoms with Gasteiger partial charge in [0.25, 0.3) is 10.0 Å². The fourth-order valence-corrected chi connectivity index (χ4v) is 5.44. The average molecular weight is 452 g/mol. The molecular weight excluding hydrogens is 426 g/mol. The van der Waals surface area contributed by atoms with Crippen molar-refractivity contribution in [3.05, 3.63) is 58.6 Å². The first kappa shape index (κ1) is 22.6. The summed E-state index contributed by atoms with van der Waals surface area (Å²) in [6, 6.07) is 12.2. The van der Waals surface area contributed by atoms with Crippen LogP contribution in [0, 0.1) is 0 Å². The van der Waals surface area contributed by atoms with Crippen molar-refractivity contribution in [2.75, 3.05) is 17.9 Å². The van der Waals surface area contributed by atoms with Crippen LogP contribution in [-0.2, 0) is 14.8 Å². The lowest BCUT2D eigenvalue weighted by Gasteiger charge is -2.22. The van der Waals surface area contributed by atoms with E-state index < -0.39 is 10.0 Å². The summed E-state index contributed by atoms with van der Waals surface area (Å²) in [5, 5.41) is 12.4. The molecule has 0 radical (unpaired) electrons. The van der Waals surface area contributed by atoms with Crippen LogP contribution in [0.5, 0.6) is 0 Å². The number of benzene rings is 2. The number of hydrogen-bond donors (Lipinski definition) is 3. The van der Waals surface area contributed by atoms with Gasteiger partial charge in [-0.2, -0.15) is 0 Å². The quantitative estimate of drug-likeness (QED) is 0.323. The lowest BCUT2D eigenvalue weighted by Crippen LogP contribution is -2.26. The number of nitrogens with one attached hydrogen (secondary N) is 2. The van der Waals surface area contributed by atoms with E-state index in [1.54, 1.807) is 30.7 Å². The van der Waals surface area contributed by atoms with Gasteiger partial charge in [0.05, 0.1) is 16.6 Å². The summed E-state index contributed by atoms with van der Waals surface area (Å²) < 4.78 is 27.7. The number of fused-ring (bicyclic) bond motifs is 2. The molecule has 1 heterocycles. The summed E-state index contributed by atoms with van der Waals surface area (Å²) in [4.78, 5) is 11.3. The lowest BCUT2D eigenvalue weighted by molar-refractivity contribution is -0.129. The molecule has 3 rings (SSSR count). The third-order valence-electron chi connectivity index (χ3n) is 5.32. The number of halogens is 1. The number of anilines is 1. The first-order valence-corrected chi connectivity index (χ1v) is 11.7. The number of sulfonamides is 1. The van der Waals surface area contributed by atoms with Crippen LogP contribution in [0.25, 0.3) is 0 Å². The molecule has 2 aromatic carbocycles. The summed E-state index contributed by atoms with van der Waals surface area (Å²) in [5.41, 5.74) is 3.84. The molecule has 1 atom stereocenters. The fourth-order valence-electron chi connectivity index (χ4n) is 3.72. The number of unbranched alkanes of at least 4 members (excludes halogenated alkanes) is 3. The Morgan fingerprint density at radius 3 is 2.60 bits per heavy atom. The number of amides is 1. The summed E-state index contributed by atoms with van der Waals surface area (Å²) in [6.45, 7) is 0.691. The number of nitrogens with zero attached hydrogens (tertiary/aromatic N) is 1. The van der Waals surface area contributed by atoms with Crippen LogP contribution in [0.15, 0.2) is 47.4 Å². The molecule has 1 unspecified atom stereocenters. The van der Waals surface area contributed by atoms with Crippen molar-refractivity contribution in [2.45, 2.75) is 43.0 Å². The Morgan fingerprint density at radius 2 is 1.83 bits per heavy atom. The van der Waals surface area contributed by atoms with Gasteiger partial charge in [-0.25, -0.2) is 13.9 Å². The van der Waals surface area contributed by atoms with Crippen molar-refractivity contribution in [1.29, 1.82) is 0 Å². The van der Waals surface area contributed by atoms with Crippen molar-refractivity contribution in [3.8, 4) is 0 Å². The lowest BCUT2D eigenvalue weighted by atomic mass is 9.96. The molecule has 0 spiro atoms. The molecule has 0 saturated heterocycles. The second kappa shape index (κ2) is 9.78. The van der Waals surface area contributed by atoms with Crippen LogP contribution < -0.4 is 15.1 Å². The molecule has 3 N–H and O–H groups in total. The molecule has 7 nitrogen and oxygen atoms in total. The molecule has 1 aliphatic rings. The molecule has 0 aliphatic carbocycles. The van der Waals surface area contributed by atoms with Crippen molar-refractivity contribution >= 4 is 33.2 Å². The molecule has 0 aromatic heterocycles. The predicted octanol–water partition coefficient (Wildman–Crippen LogP) is 3.61. The Kier molecular flexibility index (Phi) is 7.36. The van der Waals surface area contributed by atoms with Crippen molar-refractivity contribution in [1.82, 2.24) is 10.8 Å². The topological polar surface area (TPSA) is 98.7 Å². The third-order valence-corrected chi connectivity index (χ3v) is 7.38. The minimum atomic E-state index is -3.73. The first-order chi connectivity index (χ1) is 14.4. The number of carbonyl (C=O) groups excluding carboxylic acids is 1. The number of para-hydroxylation sites is 1. The maximum atomic E-state index is 13.2. The molecule has 2 aromatic rings. The van der Waals surface area contributed by atoms with Crippen LogP contribution in [0.1, 0.15) is 49.3 Å². The maximum Gasteiger partial charge on any atom is 0.264 e. The van der Waals surface area contributed by atoms with Gasteiger partial charge in [-0.3, -0.25) is 14.3 Å². The van der Waals surface area contributed by atoms with Crippen molar-refractivity contribution in [3.63, 3.8) is 0 Å². The first-order valence-electron chi connectivity index (χ1n) is 9.90. The maximum absolute atomic E-state index is 13.2. The number of hydrogen-bond acceptors (Lipinski definition) is 5. The van der Waals surface area contributed by atoms with Gasteiger partial charge in [-0.15, -0.1) is 0 Å². The van der Waals surface area contributed by atoms with Gasteiger partial charge in [0.1, 0.15) is 0 Å². The normalized spacial score (nSPS) is 17.0.